The van der Waals surface area contributed by atoms with E-state index >= 15 is 0 Å². The number of aliphatic hydroxyl groups is 1. The van der Waals surface area contributed by atoms with Crippen LogP contribution in [0.1, 0.15) is 44.1 Å². The second-order valence-corrected chi connectivity index (χ2v) is 6.90. The number of sulfonamides is 1. The molecule has 1 aliphatic carbocycles. The molecule has 112 valence electrons. The van der Waals surface area contributed by atoms with Crippen molar-refractivity contribution in [2.24, 2.45) is 0 Å². The molecule has 0 bridgehead atoms. The van der Waals surface area contributed by atoms with Gasteiger partial charge in [-0.15, -0.1) is 0 Å². The molecule has 2 rings (SSSR count). The molecule has 20 heavy (non-hydrogen) atoms. The number of nitrogens with one attached hydrogen (secondary N) is 1. The Morgan fingerprint density at radius 2 is 1.85 bits per heavy atom. The van der Waals surface area contributed by atoms with Gasteiger partial charge in [0.1, 0.15) is 5.82 Å². The van der Waals surface area contributed by atoms with Gasteiger partial charge in [-0.3, -0.25) is 0 Å². The van der Waals surface area contributed by atoms with Crippen LogP contribution in [0.2, 0.25) is 0 Å². The van der Waals surface area contributed by atoms with Crippen LogP contribution in [0.25, 0.3) is 0 Å². The Hall–Kier alpha value is -0.980. The number of benzene rings is 1. The third-order valence-electron chi connectivity index (χ3n) is 3.67. The zero-order valence-electron chi connectivity index (χ0n) is 11.3. The highest BCUT2D eigenvalue weighted by molar-refractivity contribution is 7.89. The maximum atomic E-state index is 13.3. The SMILES string of the molecule is O=S(=O)(NC1CCCCCC1)c1cc(F)ccc1CO. The van der Waals surface area contributed by atoms with E-state index in [1.807, 2.05) is 0 Å². The summed E-state index contributed by atoms with van der Waals surface area (Å²) in [5.41, 5.74) is 0.215. The third kappa shape index (κ3) is 3.77. The van der Waals surface area contributed by atoms with Gasteiger partial charge in [0.25, 0.3) is 0 Å². The molecular formula is C14H20FNO3S. The molecule has 0 aliphatic heterocycles. The molecule has 0 saturated heterocycles. The lowest BCUT2D eigenvalue weighted by Gasteiger charge is -2.17. The molecule has 0 spiro atoms. The Labute approximate surface area is 119 Å². The van der Waals surface area contributed by atoms with E-state index in [0.717, 1.165) is 50.7 Å². The predicted molar refractivity (Wildman–Crippen MR) is 74.1 cm³/mol. The molecule has 0 aromatic heterocycles. The molecule has 1 saturated carbocycles. The Bertz CT molecular complexity index is 552. The molecule has 1 aromatic rings. The lowest BCUT2D eigenvalue weighted by molar-refractivity contribution is 0.278. The van der Waals surface area contributed by atoms with Crippen LogP contribution in [0.5, 0.6) is 0 Å². The zero-order chi connectivity index (χ0) is 14.6. The van der Waals surface area contributed by atoms with Crippen LogP contribution >= 0.6 is 0 Å². The Morgan fingerprint density at radius 1 is 1.20 bits per heavy atom. The first-order valence-electron chi connectivity index (χ1n) is 6.94. The molecule has 1 aliphatic rings. The second kappa shape index (κ2) is 6.65. The first kappa shape index (κ1) is 15.4. The minimum atomic E-state index is -3.79. The van der Waals surface area contributed by atoms with Crippen molar-refractivity contribution in [2.75, 3.05) is 0 Å². The highest BCUT2D eigenvalue weighted by Crippen LogP contribution is 2.22. The second-order valence-electron chi connectivity index (χ2n) is 5.22. The molecular weight excluding hydrogens is 281 g/mol. The number of rotatable bonds is 4. The van der Waals surface area contributed by atoms with Crippen LogP contribution in [0.4, 0.5) is 4.39 Å². The number of hydrogen-bond donors (Lipinski definition) is 2. The summed E-state index contributed by atoms with van der Waals surface area (Å²) in [6.07, 6.45) is 5.87. The molecule has 2 N–H and O–H groups in total. The van der Waals surface area contributed by atoms with Crippen LogP contribution < -0.4 is 4.72 Å². The summed E-state index contributed by atoms with van der Waals surface area (Å²) in [5.74, 6) is -0.622. The summed E-state index contributed by atoms with van der Waals surface area (Å²) in [7, 11) is -3.79. The highest BCUT2D eigenvalue weighted by atomic mass is 32.2. The maximum Gasteiger partial charge on any atom is 0.241 e. The van der Waals surface area contributed by atoms with Crippen molar-refractivity contribution in [3.63, 3.8) is 0 Å². The molecule has 1 fully saturated rings. The van der Waals surface area contributed by atoms with Crippen LogP contribution in [-0.2, 0) is 16.6 Å². The van der Waals surface area contributed by atoms with Crippen LogP contribution in [0, 0.1) is 5.82 Å². The van der Waals surface area contributed by atoms with E-state index in [1.54, 1.807) is 0 Å². The molecule has 0 unspecified atom stereocenters. The number of aliphatic hydroxyl groups excluding tert-OH is 1. The summed E-state index contributed by atoms with van der Waals surface area (Å²) in [5, 5.41) is 9.21. The molecule has 6 heteroatoms. The van der Waals surface area contributed by atoms with E-state index in [1.165, 1.54) is 6.07 Å². The lowest BCUT2D eigenvalue weighted by atomic mass is 10.1. The van der Waals surface area contributed by atoms with Gasteiger partial charge >= 0.3 is 0 Å². The van der Waals surface area contributed by atoms with E-state index < -0.39 is 22.4 Å². The van der Waals surface area contributed by atoms with E-state index in [-0.39, 0.29) is 16.5 Å². The van der Waals surface area contributed by atoms with Crippen molar-refractivity contribution in [3.8, 4) is 0 Å². The number of hydrogen-bond acceptors (Lipinski definition) is 3. The van der Waals surface area contributed by atoms with E-state index in [2.05, 4.69) is 4.72 Å². The van der Waals surface area contributed by atoms with Gasteiger partial charge in [0.2, 0.25) is 10.0 Å². The minimum Gasteiger partial charge on any atom is -0.392 e. The summed E-state index contributed by atoms with van der Waals surface area (Å²) in [6, 6.07) is 3.31. The van der Waals surface area contributed by atoms with Gasteiger partial charge in [0, 0.05) is 6.04 Å². The van der Waals surface area contributed by atoms with Gasteiger partial charge in [0.15, 0.2) is 0 Å². The van der Waals surface area contributed by atoms with E-state index in [4.69, 9.17) is 0 Å². The molecule has 0 amide bonds. The summed E-state index contributed by atoms with van der Waals surface area (Å²) < 4.78 is 40.6. The highest BCUT2D eigenvalue weighted by Gasteiger charge is 2.23. The number of halogens is 1. The van der Waals surface area contributed by atoms with Crippen molar-refractivity contribution < 1.29 is 17.9 Å². The normalized spacial score (nSPS) is 17.9. The van der Waals surface area contributed by atoms with Crippen LogP contribution in [-0.4, -0.2) is 19.6 Å². The van der Waals surface area contributed by atoms with Crippen molar-refractivity contribution in [1.29, 1.82) is 0 Å². The smallest absolute Gasteiger partial charge is 0.241 e. The summed E-state index contributed by atoms with van der Waals surface area (Å²) >= 11 is 0. The summed E-state index contributed by atoms with van der Waals surface area (Å²) in [6.45, 7) is -0.429. The minimum absolute atomic E-state index is 0.0997. The first-order chi connectivity index (χ1) is 9.53. The van der Waals surface area contributed by atoms with Gasteiger partial charge in [-0.05, 0) is 30.5 Å². The topological polar surface area (TPSA) is 66.4 Å². The Balaban J connectivity index is 2.23. The van der Waals surface area contributed by atoms with Gasteiger partial charge in [-0.1, -0.05) is 31.7 Å². The predicted octanol–water partition coefficient (Wildman–Crippen LogP) is 2.32. The average Bonchev–Trinajstić information content (AvgIpc) is 2.67. The Morgan fingerprint density at radius 3 is 2.45 bits per heavy atom. The fraction of sp³-hybridized carbons (Fsp3) is 0.571. The van der Waals surface area contributed by atoms with Crippen molar-refractivity contribution in [1.82, 2.24) is 4.72 Å². The quantitative estimate of drug-likeness (QED) is 0.839. The maximum absolute atomic E-state index is 13.3. The average molecular weight is 301 g/mol. The lowest BCUT2D eigenvalue weighted by Crippen LogP contribution is -2.35. The van der Waals surface area contributed by atoms with Gasteiger partial charge < -0.3 is 5.11 Å². The molecule has 0 heterocycles. The van der Waals surface area contributed by atoms with Crippen molar-refractivity contribution >= 4 is 10.0 Å². The standard InChI is InChI=1S/C14H20FNO3S/c15-12-8-7-11(10-17)14(9-12)20(18,19)16-13-5-3-1-2-4-6-13/h7-9,13,16-17H,1-6,10H2. The summed E-state index contributed by atoms with van der Waals surface area (Å²) in [4.78, 5) is -0.163. The van der Waals surface area contributed by atoms with E-state index in [0.29, 0.717) is 0 Å². The van der Waals surface area contributed by atoms with Crippen molar-refractivity contribution in [3.05, 3.63) is 29.6 Å². The van der Waals surface area contributed by atoms with Crippen LogP contribution in [0.3, 0.4) is 0 Å². The largest absolute Gasteiger partial charge is 0.392 e. The van der Waals surface area contributed by atoms with Crippen molar-refractivity contribution in [2.45, 2.75) is 56.1 Å². The Kier molecular flexibility index (Phi) is 5.12. The third-order valence-corrected chi connectivity index (χ3v) is 5.27. The molecule has 1 aromatic carbocycles. The van der Waals surface area contributed by atoms with Crippen LogP contribution in [0.15, 0.2) is 23.1 Å². The van der Waals surface area contributed by atoms with E-state index in [9.17, 15) is 17.9 Å². The molecule has 4 nitrogen and oxygen atoms in total. The van der Waals surface area contributed by atoms with Gasteiger partial charge in [0.05, 0.1) is 11.5 Å². The monoisotopic (exact) mass is 301 g/mol. The zero-order valence-corrected chi connectivity index (χ0v) is 12.1. The molecule has 0 radical (unpaired) electrons. The van der Waals surface area contributed by atoms with Gasteiger partial charge in [-0.25, -0.2) is 17.5 Å². The van der Waals surface area contributed by atoms with Gasteiger partial charge in [-0.2, -0.15) is 0 Å². The molecule has 0 atom stereocenters. The fourth-order valence-electron chi connectivity index (χ4n) is 2.59. The first-order valence-corrected chi connectivity index (χ1v) is 8.43. The fourth-order valence-corrected chi connectivity index (χ4v) is 4.14.